The number of hydrogen-bond donors (Lipinski definition) is 1. The van der Waals surface area contributed by atoms with Gasteiger partial charge in [-0.25, -0.2) is 0 Å². The van der Waals surface area contributed by atoms with Crippen LogP contribution < -0.4 is 10.5 Å². The Balaban J connectivity index is 1.55. The van der Waals surface area contributed by atoms with E-state index >= 15 is 0 Å². The molecule has 4 heteroatoms. The van der Waals surface area contributed by atoms with Gasteiger partial charge in [0.15, 0.2) is 0 Å². The molecule has 1 atom stereocenters. The Labute approximate surface area is 126 Å². The van der Waals surface area contributed by atoms with Gasteiger partial charge in [0.1, 0.15) is 5.75 Å². The molecule has 21 heavy (non-hydrogen) atoms. The number of ether oxygens (including phenoxy) is 1. The zero-order valence-corrected chi connectivity index (χ0v) is 12.7. The number of nitrogens with zero attached hydrogens (tertiary/aromatic N) is 1. The zero-order valence-electron chi connectivity index (χ0n) is 12.7. The molecule has 1 aromatic carbocycles. The van der Waals surface area contributed by atoms with Crippen molar-refractivity contribution in [3.05, 3.63) is 29.8 Å². The minimum absolute atomic E-state index is 0.172. The van der Waals surface area contributed by atoms with E-state index in [9.17, 15) is 4.79 Å². The van der Waals surface area contributed by atoms with Gasteiger partial charge < -0.3 is 15.4 Å². The summed E-state index contributed by atoms with van der Waals surface area (Å²) in [6.07, 6.45) is 4.89. The first-order valence-corrected chi connectivity index (χ1v) is 7.82. The van der Waals surface area contributed by atoms with Crippen molar-refractivity contribution < 1.29 is 9.53 Å². The quantitative estimate of drug-likeness (QED) is 0.921. The van der Waals surface area contributed by atoms with Gasteiger partial charge in [-0.2, -0.15) is 0 Å². The molecule has 1 heterocycles. The number of methoxy groups -OCH3 is 1. The molecule has 1 saturated carbocycles. The summed E-state index contributed by atoms with van der Waals surface area (Å²) in [7, 11) is 1.68. The van der Waals surface area contributed by atoms with Crippen LogP contribution in [0, 0.1) is 5.92 Å². The van der Waals surface area contributed by atoms with E-state index in [0.717, 1.165) is 50.9 Å². The molecule has 0 spiro atoms. The molecule has 0 bridgehead atoms. The van der Waals surface area contributed by atoms with Crippen LogP contribution in [-0.4, -0.2) is 36.5 Å². The Kier molecular flexibility index (Phi) is 3.89. The molecule has 1 aliphatic carbocycles. The van der Waals surface area contributed by atoms with Crippen LogP contribution in [0.15, 0.2) is 24.3 Å². The van der Waals surface area contributed by atoms with Crippen LogP contribution in [0.5, 0.6) is 5.75 Å². The third-order valence-electron chi connectivity index (χ3n) is 4.93. The molecule has 3 rings (SSSR count). The monoisotopic (exact) mass is 288 g/mol. The second-order valence-corrected chi connectivity index (χ2v) is 6.47. The van der Waals surface area contributed by atoms with Gasteiger partial charge in [-0.1, -0.05) is 12.1 Å². The summed E-state index contributed by atoms with van der Waals surface area (Å²) in [4.78, 5) is 14.4. The molecule has 2 aliphatic rings. The lowest BCUT2D eigenvalue weighted by Crippen LogP contribution is -2.59. The third-order valence-corrected chi connectivity index (χ3v) is 4.93. The van der Waals surface area contributed by atoms with Gasteiger partial charge in [-0.15, -0.1) is 0 Å². The third kappa shape index (κ3) is 2.91. The minimum atomic E-state index is -0.547. The van der Waals surface area contributed by atoms with E-state index in [1.54, 1.807) is 7.11 Å². The number of carbonyl (C=O) groups excluding carboxylic acids is 1. The van der Waals surface area contributed by atoms with Crippen LogP contribution in [0.1, 0.15) is 31.2 Å². The summed E-state index contributed by atoms with van der Waals surface area (Å²) in [6.45, 7) is 1.71. The predicted octanol–water partition coefficient (Wildman–Crippen LogP) is 1.97. The van der Waals surface area contributed by atoms with Crippen LogP contribution >= 0.6 is 0 Å². The van der Waals surface area contributed by atoms with Gasteiger partial charge in [-0.05, 0) is 55.7 Å². The van der Waals surface area contributed by atoms with Crippen LogP contribution in [0.4, 0.5) is 0 Å². The predicted molar refractivity (Wildman–Crippen MR) is 82.2 cm³/mol. The molecule has 114 valence electrons. The molecular weight excluding hydrogens is 264 g/mol. The second-order valence-electron chi connectivity index (χ2n) is 6.47. The van der Waals surface area contributed by atoms with Crippen molar-refractivity contribution in [1.82, 2.24) is 4.90 Å². The van der Waals surface area contributed by atoms with E-state index in [4.69, 9.17) is 10.5 Å². The topological polar surface area (TPSA) is 55.6 Å². The molecule has 2 N–H and O–H groups in total. The lowest BCUT2D eigenvalue weighted by atomic mass is 9.76. The number of rotatable bonds is 4. The van der Waals surface area contributed by atoms with Crippen molar-refractivity contribution in [3.8, 4) is 5.75 Å². The molecule has 2 fully saturated rings. The maximum absolute atomic E-state index is 12.4. The Hall–Kier alpha value is -1.55. The summed E-state index contributed by atoms with van der Waals surface area (Å²) >= 11 is 0. The van der Waals surface area contributed by atoms with Crippen LogP contribution in [0.25, 0.3) is 0 Å². The maximum Gasteiger partial charge on any atom is 0.242 e. The van der Waals surface area contributed by atoms with Gasteiger partial charge in [0.25, 0.3) is 0 Å². The maximum atomic E-state index is 12.4. The standard InChI is InChI=1S/C17H24N2O2/c1-21-15-5-3-13(4-6-15)11-14-7-10-19(12-14)16(20)17(18)8-2-9-17/h3-6,14H,2,7-12,18H2,1H3. The van der Waals surface area contributed by atoms with Crippen LogP contribution in [0.2, 0.25) is 0 Å². The average Bonchev–Trinajstić information content (AvgIpc) is 2.93. The first-order chi connectivity index (χ1) is 10.1. The summed E-state index contributed by atoms with van der Waals surface area (Å²) in [5.74, 6) is 1.61. The fraction of sp³-hybridized carbons (Fsp3) is 0.588. The van der Waals surface area contributed by atoms with Crippen LogP contribution in [0.3, 0.4) is 0 Å². The Morgan fingerprint density at radius 2 is 2.10 bits per heavy atom. The molecule has 0 radical (unpaired) electrons. The molecule has 1 unspecified atom stereocenters. The summed E-state index contributed by atoms with van der Waals surface area (Å²) < 4.78 is 5.18. The minimum Gasteiger partial charge on any atom is -0.497 e. The number of benzene rings is 1. The lowest BCUT2D eigenvalue weighted by Gasteiger charge is -2.39. The van der Waals surface area contributed by atoms with E-state index in [-0.39, 0.29) is 5.91 Å². The largest absolute Gasteiger partial charge is 0.497 e. The number of likely N-dealkylation sites (tertiary alicyclic amines) is 1. The fourth-order valence-corrected chi connectivity index (χ4v) is 3.37. The smallest absolute Gasteiger partial charge is 0.242 e. The number of nitrogens with two attached hydrogens (primary N) is 1. The molecule has 1 amide bonds. The Morgan fingerprint density at radius 3 is 2.67 bits per heavy atom. The Bertz CT molecular complexity index is 508. The van der Waals surface area contributed by atoms with E-state index in [0.29, 0.717) is 5.92 Å². The second kappa shape index (κ2) is 5.68. The number of amides is 1. The highest BCUT2D eigenvalue weighted by Gasteiger charge is 2.44. The highest BCUT2D eigenvalue weighted by Crippen LogP contribution is 2.33. The highest BCUT2D eigenvalue weighted by atomic mass is 16.5. The average molecular weight is 288 g/mol. The van der Waals surface area contributed by atoms with Crippen molar-refractivity contribution in [1.29, 1.82) is 0 Å². The van der Waals surface area contributed by atoms with Crippen molar-refractivity contribution in [3.63, 3.8) is 0 Å². The highest BCUT2D eigenvalue weighted by molar-refractivity contribution is 5.87. The van der Waals surface area contributed by atoms with Gasteiger partial charge in [-0.3, -0.25) is 4.79 Å². The lowest BCUT2D eigenvalue weighted by molar-refractivity contribution is -0.139. The summed E-state index contributed by atoms with van der Waals surface area (Å²) in [6, 6.07) is 8.21. The van der Waals surface area contributed by atoms with E-state index < -0.39 is 5.54 Å². The summed E-state index contributed by atoms with van der Waals surface area (Å²) in [5, 5.41) is 0. The molecule has 1 aliphatic heterocycles. The van der Waals surface area contributed by atoms with Crippen molar-refractivity contribution >= 4 is 5.91 Å². The van der Waals surface area contributed by atoms with E-state index in [1.165, 1.54) is 5.56 Å². The van der Waals surface area contributed by atoms with Gasteiger partial charge >= 0.3 is 0 Å². The van der Waals surface area contributed by atoms with Crippen molar-refractivity contribution in [2.75, 3.05) is 20.2 Å². The van der Waals surface area contributed by atoms with Crippen molar-refractivity contribution in [2.24, 2.45) is 11.7 Å². The van der Waals surface area contributed by atoms with Gasteiger partial charge in [0, 0.05) is 13.1 Å². The van der Waals surface area contributed by atoms with Gasteiger partial charge in [0.2, 0.25) is 5.91 Å². The molecule has 1 saturated heterocycles. The SMILES string of the molecule is COc1ccc(CC2CCN(C(=O)C3(N)CCC3)C2)cc1. The first-order valence-electron chi connectivity index (χ1n) is 7.82. The van der Waals surface area contributed by atoms with Gasteiger partial charge in [0.05, 0.1) is 12.6 Å². The van der Waals surface area contributed by atoms with Crippen molar-refractivity contribution in [2.45, 2.75) is 37.6 Å². The Morgan fingerprint density at radius 1 is 1.38 bits per heavy atom. The van der Waals surface area contributed by atoms with E-state index in [1.807, 2.05) is 17.0 Å². The normalized spacial score (nSPS) is 23.7. The van der Waals surface area contributed by atoms with E-state index in [2.05, 4.69) is 12.1 Å². The number of carbonyl (C=O) groups is 1. The number of hydrogen-bond acceptors (Lipinski definition) is 3. The molecule has 4 nitrogen and oxygen atoms in total. The summed E-state index contributed by atoms with van der Waals surface area (Å²) in [5.41, 5.74) is 6.91. The zero-order chi connectivity index (χ0) is 14.9. The van der Waals surface area contributed by atoms with Crippen LogP contribution in [-0.2, 0) is 11.2 Å². The molecule has 0 aromatic heterocycles. The fourth-order valence-electron chi connectivity index (χ4n) is 3.37. The molecule has 1 aromatic rings. The first kappa shape index (κ1) is 14.4. The molecular formula is C17H24N2O2.